The SMILES string of the molecule is c1ccc(N(c2ccccc2)c2ccc(N(c3ccc(-c4cccc5c4oc4ccccc45)cc3)c3ccc(N(c4ccccc4)c4ccccc4)cc3)cc2)cc1. The van der Waals surface area contributed by atoms with Gasteiger partial charge in [-0.25, -0.2) is 0 Å². The normalized spacial score (nSPS) is 11.1. The average Bonchev–Trinajstić information content (AvgIpc) is 3.69. The van der Waals surface area contributed by atoms with E-state index in [4.69, 9.17) is 4.42 Å². The third-order valence-electron chi connectivity index (χ3n) is 10.6. The molecule has 0 radical (unpaired) electrons. The van der Waals surface area contributed by atoms with E-state index in [1.165, 1.54) is 0 Å². The second kappa shape index (κ2) is 15.4. The van der Waals surface area contributed by atoms with Crippen molar-refractivity contribution in [3.8, 4) is 11.1 Å². The lowest BCUT2D eigenvalue weighted by Gasteiger charge is -2.29. The summed E-state index contributed by atoms with van der Waals surface area (Å²) in [5.41, 5.74) is 13.7. The summed E-state index contributed by atoms with van der Waals surface area (Å²) >= 11 is 0. The minimum Gasteiger partial charge on any atom is -0.455 e. The van der Waals surface area contributed by atoms with Crippen LogP contribution in [0.3, 0.4) is 0 Å². The Hall–Kier alpha value is -7.82. The first-order valence-electron chi connectivity index (χ1n) is 19.6. The molecule has 0 atom stereocenters. The lowest BCUT2D eigenvalue weighted by Crippen LogP contribution is -2.13. The number of benzene rings is 9. The van der Waals surface area contributed by atoms with Crippen LogP contribution in [0.5, 0.6) is 0 Å². The van der Waals surface area contributed by atoms with Gasteiger partial charge in [0.05, 0.1) is 0 Å². The molecule has 0 amide bonds. The summed E-state index contributed by atoms with van der Waals surface area (Å²) in [5.74, 6) is 0. The van der Waals surface area contributed by atoms with Gasteiger partial charge in [0.15, 0.2) is 0 Å². The second-order valence-corrected chi connectivity index (χ2v) is 14.2. The minimum atomic E-state index is 0.899. The molecule has 9 aromatic carbocycles. The average molecular weight is 746 g/mol. The number of nitrogens with zero attached hydrogens (tertiary/aromatic N) is 3. The van der Waals surface area contributed by atoms with Crippen molar-refractivity contribution in [3.63, 3.8) is 0 Å². The first kappa shape index (κ1) is 34.7. The van der Waals surface area contributed by atoms with Crippen LogP contribution in [-0.4, -0.2) is 0 Å². The van der Waals surface area contributed by atoms with Gasteiger partial charge in [-0.15, -0.1) is 0 Å². The van der Waals surface area contributed by atoms with Crippen LogP contribution < -0.4 is 14.7 Å². The van der Waals surface area contributed by atoms with E-state index >= 15 is 0 Å². The van der Waals surface area contributed by atoms with Gasteiger partial charge in [0, 0.05) is 67.5 Å². The highest BCUT2D eigenvalue weighted by molar-refractivity contribution is 6.09. The zero-order valence-electron chi connectivity index (χ0n) is 31.8. The van der Waals surface area contributed by atoms with E-state index in [2.05, 4.69) is 239 Å². The summed E-state index contributed by atoms with van der Waals surface area (Å²) in [5, 5.41) is 2.25. The van der Waals surface area contributed by atoms with Crippen LogP contribution in [0.1, 0.15) is 0 Å². The molecular formula is C54H39N3O. The first-order chi connectivity index (χ1) is 28.8. The summed E-state index contributed by atoms with van der Waals surface area (Å²) in [4.78, 5) is 6.90. The lowest BCUT2D eigenvalue weighted by atomic mass is 10.0. The standard InChI is InChI=1S/C54H39N3O/c1-5-16-41(17-6-1)55(42-18-7-2-8-19-42)46-32-36-48(37-33-46)57(49-38-34-47(35-39-49)56(43-20-9-3-10-21-43)44-22-11-4-12-23-44)45-30-28-40(29-31-45)50-25-15-26-52-51-24-13-14-27-53(51)58-54(50)52/h1-39H. The van der Waals surface area contributed by atoms with Crippen molar-refractivity contribution < 1.29 is 4.42 Å². The van der Waals surface area contributed by atoms with E-state index in [-0.39, 0.29) is 0 Å². The quantitative estimate of drug-likeness (QED) is 0.139. The van der Waals surface area contributed by atoms with E-state index in [1.807, 2.05) is 12.1 Å². The third kappa shape index (κ3) is 6.63. The summed E-state index contributed by atoms with van der Waals surface area (Å²) in [6.07, 6.45) is 0. The molecule has 0 saturated carbocycles. The monoisotopic (exact) mass is 745 g/mol. The van der Waals surface area contributed by atoms with Gasteiger partial charge in [0.1, 0.15) is 11.2 Å². The molecule has 0 aliphatic rings. The fraction of sp³-hybridized carbons (Fsp3) is 0. The number of rotatable bonds is 10. The van der Waals surface area contributed by atoms with Crippen LogP contribution in [0.2, 0.25) is 0 Å². The number of fused-ring (bicyclic) bond motifs is 3. The van der Waals surface area contributed by atoms with E-state index in [0.717, 1.165) is 84.3 Å². The Morgan fingerprint density at radius 2 is 0.552 bits per heavy atom. The molecule has 0 unspecified atom stereocenters. The predicted octanol–water partition coefficient (Wildman–Crippen LogP) is 15.7. The van der Waals surface area contributed by atoms with Crippen molar-refractivity contribution >= 4 is 73.1 Å². The third-order valence-corrected chi connectivity index (χ3v) is 10.6. The predicted molar refractivity (Wildman–Crippen MR) is 243 cm³/mol. The molecule has 0 aliphatic carbocycles. The Morgan fingerprint density at radius 1 is 0.241 bits per heavy atom. The summed E-state index contributed by atoms with van der Waals surface area (Å²) in [6.45, 7) is 0. The maximum atomic E-state index is 6.42. The lowest BCUT2D eigenvalue weighted by molar-refractivity contribution is 0.670. The topological polar surface area (TPSA) is 22.9 Å². The zero-order chi connectivity index (χ0) is 38.7. The van der Waals surface area contributed by atoms with Gasteiger partial charge in [-0.05, 0) is 121 Å². The zero-order valence-corrected chi connectivity index (χ0v) is 31.8. The van der Waals surface area contributed by atoms with Crippen molar-refractivity contribution in [3.05, 3.63) is 237 Å². The first-order valence-corrected chi connectivity index (χ1v) is 19.6. The van der Waals surface area contributed by atoms with Gasteiger partial charge in [0.2, 0.25) is 0 Å². The Bertz CT molecular complexity index is 2710. The molecule has 10 rings (SSSR count). The van der Waals surface area contributed by atoms with E-state index in [9.17, 15) is 0 Å². The van der Waals surface area contributed by atoms with Gasteiger partial charge in [-0.2, -0.15) is 0 Å². The summed E-state index contributed by atoms with van der Waals surface area (Å²) < 4.78 is 6.42. The molecule has 0 spiro atoms. The van der Waals surface area contributed by atoms with Gasteiger partial charge >= 0.3 is 0 Å². The van der Waals surface area contributed by atoms with Crippen molar-refractivity contribution in [1.82, 2.24) is 0 Å². The number of furan rings is 1. The fourth-order valence-electron chi connectivity index (χ4n) is 7.92. The number of hydrogen-bond acceptors (Lipinski definition) is 4. The Balaban J connectivity index is 1.06. The highest BCUT2D eigenvalue weighted by Crippen LogP contribution is 2.42. The van der Waals surface area contributed by atoms with Gasteiger partial charge < -0.3 is 19.1 Å². The maximum absolute atomic E-state index is 6.42. The molecule has 1 aromatic heterocycles. The Labute approximate surface area is 338 Å². The Morgan fingerprint density at radius 3 is 0.948 bits per heavy atom. The molecule has 4 nitrogen and oxygen atoms in total. The molecule has 0 N–H and O–H groups in total. The van der Waals surface area contributed by atoms with Crippen LogP contribution in [0.4, 0.5) is 51.2 Å². The van der Waals surface area contributed by atoms with Crippen LogP contribution in [0.15, 0.2) is 241 Å². The molecule has 10 aromatic rings. The van der Waals surface area contributed by atoms with Crippen molar-refractivity contribution in [2.24, 2.45) is 0 Å². The molecular weight excluding hydrogens is 707 g/mol. The van der Waals surface area contributed by atoms with E-state index in [1.54, 1.807) is 0 Å². The molecule has 0 saturated heterocycles. The highest BCUT2D eigenvalue weighted by atomic mass is 16.3. The van der Waals surface area contributed by atoms with E-state index < -0.39 is 0 Å². The number of hydrogen-bond donors (Lipinski definition) is 0. The summed E-state index contributed by atoms with van der Waals surface area (Å²) in [7, 11) is 0. The highest BCUT2D eigenvalue weighted by Gasteiger charge is 2.19. The maximum Gasteiger partial charge on any atom is 0.143 e. The number of para-hydroxylation sites is 6. The number of anilines is 9. The Kier molecular flexibility index (Phi) is 9.18. The molecule has 0 bridgehead atoms. The summed E-state index contributed by atoms with van der Waals surface area (Å²) in [6, 6.07) is 83.2. The van der Waals surface area contributed by atoms with Crippen molar-refractivity contribution in [1.29, 1.82) is 0 Å². The largest absolute Gasteiger partial charge is 0.455 e. The molecule has 4 heteroatoms. The molecule has 58 heavy (non-hydrogen) atoms. The van der Waals surface area contributed by atoms with Crippen molar-refractivity contribution in [2.75, 3.05) is 14.7 Å². The van der Waals surface area contributed by atoms with Gasteiger partial charge in [-0.1, -0.05) is 121 Å². The van der Waals surface area contributed by atoms with Crippen LogP contribution >= 0.6 is 0 Å². The van der Waals surface area contributed by atoms with Gasteiger partial charge in [-0.3, -0.25) is 0 Å². The molecule has 0 aliphatic heterocycles. The van der Waals surface area contributed by atoms with E-state index in [0.29, 0.717) is 0 Å². The smallest absolute Gasteiger partial charge is 0.143 e. The minimum absolute atomic E-state index is 0.899. The fourth-order valence-corrected chi connectivity index (χ4v) is 7.92. The van der Waals surface area contributed by atoms with Crippen molar-refractivity contribution in [2.45, 2.75) is 0 Å². The van der Waals surface area contributed by atoms with Gasteiger partial charge in [0.25, 0.3) is 0 Å². The molecule has 0 fully saturated rings. The second-order valence-electron chi connectivity index (χ2n) is 14.2. The van der Waals surface area contributed by atoms with Crippen LogP contribution in [0.25, 0.3) is 33.1 Å². The molecule has 1 heterocycles. The molecule has 276 valence electrons. The van der Waals surface area contributed by atoms with Crippen LogP contribution in [0, 0.1) is 0 Å². The van der Waals surface area contributed by atoms with Crippen LogP contribution in [-0.2, 0) is 0 Å².